The first kappa shape index (κ1) is 19.5. The highest BCUT2D eigenvalue weighted by Crippen LogP contribution is 2.28. The molecule has 1 fully saturated rings. The molecule has 0 bridgehead atoms. The Morgan fingerprint density at radius 3 is 2.69 bits per heavy atom. The maximum absolute atomic E-state index is 12.6. The Labute approximate surface area is 179 Å². The fourth-order valence-corrected chi connectivity index (χ4v) is 4.18. The number of aliphatic imine (C=N–C) groups is 1. The standard InChI is InChI=1S/C20H12ClN3O3S2/c21-12-1-6-16-15(7-12)19(26)11(10-27-16)9-23-13-2-4-14(5-3-13)24-18(25)8-17(22)29-20(24)28/h1-7,9-10,22H,8H2. The third-order valence-electron chi connectivity index (χ3n) is 4.18. The van der Waals surface area contributed by atoms with Crippen molar-refractivity contribution in [3.8, 4) is 0 Å². The number of fused-ring (bicyclic) bond motifs is 1. The SMILES string of the molecule is N=C1CC(=O)N(c2ccc(N=Cc3coc4ccc(Cl)cc4c3=O)cc2)C(=S)S1. The molecule has 29 heavy (non-hydrogen) atoms. The van der Waals surface area contributed by atoms with Gasteiger partial charge in [-0.1, -0.05) is 23.8 Å². The van der Waals surface area contributed by atoms with Gasteiger partial charge in [0.2, 0.25) is 11.3 Å². The number of hydrogen-bond donors (Lipinski definition) is 1. The molecular weight excluding hydrogens is 430 g/mol. The number of thioether (sulfide) groups is 1. The van der Waals surface area contributed by atoms with Gasteiger partial charge in [0.15, 0.2) is 4.32 Å². The molecule has 1 N–H and O–H groups in total. The Hall–Kier alpha value is -2.81. The van der Waals surface area contributed by atoms with Crippen LogP contribution in [0.2, 0.25) is 5.02 Å². The summed E-state index contributed by atoms with van der Waals surface area (Å²) in [4.78, 5) is 30.5. The summed E-state index contributed by atoms with van der Waals surface area (Å²) < 4.78 is 5.80. The van der Waals surface area contributed by atoms with Crippen LogP contribution in [0.1, 0.15) is 12.0 Å². The zero-order chi connectivity index (χ0) is 20.5. The van der Waals surface area contributed by atoms with Crippen LogP contribution in [-0.2, 0) is 4.79 Å². The van der Waals surface area contributed by atoms with E-state index in [0.717, 1.165) is 11.8 Å². The Morgan fingerprint density at radius 1 is 1.21 bits per heavy atom. The number of halogens is 1. The minimum atomic E-state index is -0.234. The predicted molar refractivity (Wildman–Crippen MR) is 121 cm³/mol. The van der Waals surface area contributed by atoms with Gasteiger partial charge in [-0.3, -0.25) is 24.9 Å². The van der Waals surface area contributed by atoms with Crippen LogP contribution in [-0.4, -0.2) is 21.5 Å². The van der Waals surface area contributed by atoms with Crippen molar-refractivity contribution in [1.29, 1.82) is 5.41 Å². The molecule has 9 heteroatoms. The highest BCUT2D eigenvalue weighted by molar-refractivity contribution is 8.33. The van der Waals surface area contributed by atoms with Gasteiger partial charge in [-0.05, 0) is 54.2 Å². The second-order valence-corrected chi connectivity index (χ2v) is 8.30. The Morgan fingerprint density at radius 2 is 1.97 bits per heavy atom. The lowest BCUT2D eigenvalue weighted by molar-refractivity contribution is -0.116. The number of nitrogens with zero attached hydrogens (tertiary/aromatic N) is 2. The number of benzene rings is 2. The van der Waals surface area contributed by atoms with Crippen molar-refractivity contribution >= 4 is 79.4 Å². The fourth-order valence-electron chi connectivity index (χ4n) is 2.79. The van der Waals surface area contributed by atoms with Crippen molar-refractivity contribution in [2.75, 3.05) is 4.90 Å². The molecule has 6 nitrogen and oxygen atoms in total. The van der Waals surface area contributed by atoms with E-state index in [-0.39, 0.29) is 22.8 Å². The number of rotatable bonds is 3. The average Bonchev–Trinajstić information content (AvgIpc) is 2.68. The molecule has 0 radical (unpaired) electrons. The fraction of sp³-hybridized carbons (Fsp3) is 0.0500. The molecule has 2 heterocycles. The van der Waals surface area contributed by atoms with E-state index in [4.69, 9.17) is 33.6 Å². The summed E-state index contributed by atoms with van der Waals surface area (Å²) in [6, 6.07) is 11.7. The molecule has 0 aliphatic carbocycles. The lowest BCUT2D eigenvalue weighted by atomic mass is 10.2. The zero-order valence-electron chi connectivity index (χ0n) is 14.7. The van der Waals surface area contributed by atoms with Gasteiger partial charge in [0.1, 0.15) is 11.8 Å². The van der Waals surface area contributed by atoms with Gasteiger partial charge in [-0.15, -0.1) is 0 Å². The number of anilines is 1. The van der Waals surface area contributed by atoms with E-state index in [0.29, 0.717) is 37.3 Å². The van der Waals surface area contributed by atoms with E-state index in [1.54, 1.807) is 42.5 Å². The molecule has 0 unspecified atom stereocenters. The smallest absolute Gasteiger partial charge is 0.239 e. The number of hydrogen-bond acceptors (Lipinski definition) is 7. The molecule has 0 saturated carbocycles. The Kier molecular flexibility index (Phi) is 5.31. The van der Waals surface area contributed by atoms with Crippen molar-refractivity contribution in [3.05, 3.63) is 69.5 Å². The average molecular weight is 442 g/mol. The summed E-state index contributed by atoms with van der Waals surface area (Å²) in [6.07, 6.45) is 2.81. The molecule has 1 aliphatic rings. The number of amides is 1. The van der Waals surface area contributed by atoms with Crippen LogP contribution < -0.4 is 10.3 Å². The minimum absolute atomic E-state index is 0.0342. The zero-order valence-corrected chi connectivity index (χ0v) is 17.1. The van der Waals surface area contributed by atoms with Crippen LogP contribution >= 0.6 is 35.6 Å². The maximum Gasteiger partial charge on any atom is 0.239 e. The predicted octanol–water partition coefficient (Wildman–Crippen LogP) is 4.93. The number of thiocarbonyl (C=S) groups is 1. The summed E-state index contributed by atoms with van der Waals surface area (Å²) in [7, 11) is 0. The molecular formula is C20H12ClN3O3S2. The van der Waals surface area contributed by atoms with Crippen LogP contribution in [0.4, 0.5) is 11.4 Å². The van der Waals surface area contributed by atoms with Crippen LogP contribution in [0.25, 0.3) is 11.0 Å². The van der Waals surface area contributed by atoms with E-state index in [1.807, 2.05) is 0 Å². The lowest BCUT2D eigenvalue weighted by Gasteiger charge is -2.26. The third-order valence-corrected chi connectivity index (χ3v) is 5.59. The first-order chi connectivity index (χ1) is 13.9. The van der Waals surface area contributed by atoms with Gasteiger partial charge in [-0.25, -0.2) is 0 Å². The topological polar surface area (TPSA) is 86.7 Å². The number of carbonyl (C=O) groups excluding carboxylic acids is 1. The van der Waals surface area contributed by atoms with Crippen molar-refractivity contribution in [1.82, 2.24) is 0 Å². The molecule has 1 aromatic heterocycles. The molecule has 4 rings (SSSR count). The molecule has 144 valence electrons. The largest absolute Gasteiger partial charge is 0.463 e. The van der Waals surface area contributed by atoms with Gasteiger partial charge >= 0.3 is 0 Å². The lowest BCUT2D eigenvalue weighted by Crippen LogP contribution is -2.39. The van der Waals surface area contributed by atoms with Gasteiger partial charge < -0.3 is 4.42 Å². The minimum Gasteiger partial charge on any atom is -0.463 e. The monoisotopic (exact) mass is 441 g/mol. The maximum atomic E-state index is 12.6. The van der Waals surface area contributed by atoms with Gasteiger partial charge in [0.05, 0.1) is 33.8 Å². The second-order valence-electron chi connectivity index (χ2n) is 6.13. The normalized spacial score (nSPS) is 14.9. The summed E-state index contributed by atoms with van der Waals surface area (Å²) in [5.41, 5.74) is 1.73. The van der Waals surface area contributed by atoms with Crippen molar-refractivity contribution in [2.45, 2.75) is 6.42 Å². The van der Waals surface area contributed by atoms with E-state index >= 15 is 0 Å². The Balaban J connectivity index is 1.59. The van der Waals surface area contributed by atoms with E-state index in [1.165, 1.54) is 17.4 Å². The van der Waals surface area contributed by atoms with Crippen LogP contribution in [0.15, 0.2) is 62.9 Å². The van der Waals surface area contributed by atoms with Gasteiger partial charge in [0, 0.05) is 11.2 Å². The molecule has 1 amide bonds. The second kappa shape index (κ2) is 7.90. The van der Waals surface area contributed by atoms with E-state index in [2.05, 4.69) is 4.99 Å². The van der Waals surface area contributed by atoms with Crippen molar-refractivity contribution in [3.63, 3.8) is 0 Å². The molecule has 0 spiro atoms. The third kappa shape index (κ3) is 4.00. The molecule has 1 aliphatic heterocycles. The molecule has 1 saturated heterocycles. The summed E-state index contributed by atoms with van der Waals surface area (Å²) in [5.74, 6) is -0.234. The van der Waals surface area contributed by atoms with Crippen LogP contribution in [0.5, 0.6) is 0 Å². The highest BCUT2D eigenvalue weighted by Gasteiger charge is 2.28. The van der Waals surface area contributed by atoms with E-state index in [9.17, 15) is 9.59 Å². The number of nitrogens with one attached hydrogen (secondary N) is 1. The van der Waals surface area contributed by atoms with Crippen LogP contribution in [0, 0.1) is 5.41 Å². The molecule has 3 aromatic rings. The first-order valence-electron chi connectivity index (χ1n) is 8.40. The van der Waals surface area contributed by atoms with Crippen LogP contribution in [0.3, 0.4) is 0 Å². The quantitative estimate of drug-likeness (QED) is 0.460. The van der Waals surface area contributed by atoms with Crippen molar-refractivity contribution < 1.29 is 9.21 Å². The summed E-state index contributed by atoms with van der Waals surface area (Å²) in [5, 5.41) is 8.70. The number of carbonyl (C=O) groups is 1. The summed E-state index contributed by atoms with van der Waals surface area (Å²) in [6.45, 7) is 0. The van der Waals surface area contributed by atoms with Crippen molar-refractivity contribution in [2.24, 2.45) is 4.99 Å². The van der Waals surface area contributed by atoms with Gasteiger partial charge in [0.25, 0.3) is 0 Å². The molecule has 2 aromatic carbocycles. The Bertz CT molecular complexity index is 1230. The van der Waals surface area contributed by atoms with Gasteiger partial charge in [-0.2, -0.15) is 0 Å². The first-order valence-corrected chi connectivity index (χ1v) is 10.00. The van der Waals surface area contributed by atoms with E-state index < -0.39 is 0 Å². The molecule has 0 atom stereocenters. The highest BCUT2D eigenvalue weighted by atomic mass is 35.5. The summed E-state index contributed by atoms with van der Waals surface area (Å²) >= 11 is 12.3.